The molecule has 4 rings (SSSR count). The van der Waals surface area contributed by atoms with Crippen LogP contribution in [-0.2, 0) is 27.5 Å². The Morgan fingerprint density at radius 1 is 1.00 bits per heavy atom. The first-order valence-electron chi connectivity index (χ1n) is 14.2. The molecule has 238 valence electrons. The smallest absolute Gasteiger partial charge is 0.372 e. The van der Waals surface area contributed by atoms with E-state index < -0.39 is 39.4 Å². The number of hydrogen-bond donors (Lipinski definition) is 2. The summed E-state index contributed by atoms with van der Waals surface area (Å²) in [6.07, 6.45) is -0.261. The first-order chi connectivity index (χ1) is 21.4. The van der Waals surface area contributed by atoms with Gasteiger partial charge in [-0.1, -0.05) is 29.8 Å². The molecule has 3 aromatic rings. The van der Waals surface area contributed by atoms with Crippen molar-refractivity contribution in [1.29, 1.82) is 0 Å². The zero-order valence-corrected chi connectivity index (χ0v) is 26.0. The molecule has 8 nitrogen and oxygen atoms in total. The molecule has 0 bridgehead atoms. The molecule has 1 aliphatic heterocycles. The fraction of sp³-hybridized carbons (Fsp3) is 0.312. The van der Waals surface area contributed by atoms with Crippen molar-refractivity contribution in [3.63, 3.8) is 0 Å². The maximum absolute atomic E-state index is 13.3. The van der Waals surface area contributed by atoms with Crippen LogP contribution in [0.15, 0.2) is 65.8 Å². The largest absolute Gasteiger partial charge is 0.417 e. The van der Waals surface area contributed by atoms with Crippen molar-refractivity contribution in [1.82, 2.24) is 5.43 Å². The number of nitrogens with one attached hydrogen (secondary N) is 2. The lowest BCUT2D eigenvalue weighted by atomic mass is 10.1. The van der Waals surface area contributed by atoms with Gasteiger partial charge in [-0.3, -0.25) is 18.6 Å². The number of anilines is 2. The highest BCUT2D eigenvalue weighted by atomic mass is 35.5. The van der Waals surface area contributed by atoms with Crippen LogP contribution >= 0.6 is 11.6 Å². The molecule has 2 N–H and O–H groups in total. The van der Waals surface area contributed by atoms with Crippen molar-refractivity contribution in [2.24, 2.45) is 5.10 Å². The van der Waals surface area contributed by atoms with Crippen molar-refractivity contribution in [2.45, 2.75) is 44.5 Å². The van der Waals surface area contributed by atoms with E-state index in [9.17, 15) is 31.8 Å². The first kappa shape index (κ1) is 33.9. The maximum atomic E-state index is 13.3. The Bertz CT molecular complexity index is 1620. The number of hydrazone groups is 1. The number of halogens is 4. The molecule has 2 amide bonds. The quantitative estimate of drug-likeness (QED) is 0.178. The molecular weight excluding hydrogens is 629 g/mol. The molecule has 1 aliphatic rings. The normalized spacial score (nSPS) is 14.3. The second kappa shape index (κ2) is 15.3. The first-order valence-corrected chi connectivity index (χ1v) is 16.1. The Labute approximate surface area is 266 Å². The number of carbonyl (C=O) groups is 3. The third-order valence-electron chi connectivity index (χ3n) is 7.09. The standard InChI is InChI=1S/C32H32ClF3N4O4S/c1-21(41)12-15-45(44)20-23-6-5-7-24(16-23)30(42)38-29-11-9-25(40-13-3-2-4-14-40)18-26(29)31(43)39-37-19-22-8-10-28(33)27(17-22)32(34,35)36/h5-11,16-19H,2-4,12-15,20H2,1H3,(H,38,42)(H,39,43). The highest BCUT2D eigenvalue weighted by molar-refractivity contribution is 7.84. The van der Waals surface area contributed by atoms with E-state index in [1.165, 1.54) is 13.0 Å². The van der Waals surface area contributed by atoms with E-state index in [1.807, 2.05) is 6.07 Å². The summed E-state index contributed by atoms with van der Waals surface area (Å²) in [5.74, 6) is -0.815. The molecule has 0 aromatic heterocycles. The summed E-state index contributed by atoms with van der Waals surface area (Å²) in [4.78, 5) is 39.9. The number of rotatable bonds is 11. The molecule has 1 saturated heterocycles. The molecule has 1 fully saturated rings. The number of ketones is 1. The van der Waals surface area contributed by atoms with Crippen LogP contribution in [0.1, 0.15) is 70.0 Å². The van der Waals surface area contributed by atoms with Crippen molar-refractivity contribution in [3.8, 4) is 0 Å². The number of Topliss-reactive ketones (excluding diaryl/α,β-unsaturated/α-hetero) is 1. The highest BCUT2D eigenvalue weighted by Gasteiger charge is 2.33. The van der Waals surface area contributed by atoms with Gasteiger partial charge >= 0.3 is 6.18 Å². The fourth-order valence-corrected chi connectivity index (χ4v) is 6.19. The van der Waals surface area contributed by atoms with Gasteiger partial charge in [0.05, 0.1) is 28.1 Å². The maximum Gasteiger partial charge on any atom is 0.417 e. The second-order valence-electron chi connectivity index (χ2n) is 10.6. The molecule has 0 spiro atoms. The van der Waals surface area contributed by atoms with E-state index >= 15 is 0 Å². The lowest BCUT2D eigenvalue weighted by molar-refractivity contribution is -0.137. The monoisotopic (exact) mass is 660 g/mol. The molecule has 0 radical (unpaired) electrons. The number of hydrogen-bond acceptors (Lipinski definition) is 6. The van der Waals surface area contributed by atoms with Crippen molar-refractivity contribution in [2.75, 3.05) is 29.1 Å². The Balaban J connectivity index is 1.54. The van der Waals surface area contributed by atoms with Gasteiger partial charge in [-0.05, 0) is 79.8 Å². The number of nitrogens with zero attached hydrogens (tertiary/aromatic N) is 2. The van der Waals surface area contributed by atoms with E-state index in [4.69, 9.17) is 11.6 Å². The summed E-state index contributed by atoms with van der Waals surface area (Å²) in [5.41, 5.74) is 3.43. The molecule has 1 unspecified atom stereocenters. The van der Waals surface area contributed by atoms with E-state index in [0.717, 1.165) is 56.4 Å². The number of alkyl halides is 3. The zero-order valence-electron chi connectivity index (χ0n) is 24.5. The van der Waals surface area contributed by atoms with Gasteiger partial charge in [-0.25, -0.2) is 5.43 Å². The molecule has 3 aromatic carbocycles. The Morgan fingerprint density at radius 3 is 2.47 bits per heavy atom. The Hall–Kier alpha value is -4.03. The predicted octanol–water partition coefficient (Wildman–Crippen LogP) is 6.59. The average molecular weight is 661 g/mol. The summed E-state index contributed by atoms with van der Waals surface area (Å²) in [6, 6.07) is 14.9. The van der Waals surface area contributed by atoms with Crippen LogP contribution < -0.4 is 15.6 Å². The van der Waals surface area contributed by atoms with Gasteiger partial charge in [-0.15, -0.1) is 0 Å². The summed E-state index contributed by atoms with van der Waals surface area (Å²) in [7, 11) is -1.28. The molecular formula is C32H32ClF3N4O4S. The van der Waals surface area contributed by atoms with E-state index in [1.54, 1.807) is 36.4 Å². The van der Waals surface area contributed by atoms with Crippen LogP contribution in [0.5, 0.6) is 0 Å². The van der Waals surface area contributed by atoms with Gasteiger partial charge in [0.1, 0.15) is 5.78 Å². The topological polar surface area (TPSA) is 108 Å². The van der Waals surface area contributed by atoms with Crippen LogP contribution in [-0.4, -0.2) is 46.9 Å². The van der Waals surface area contributed by atoms with E-state index in [2.05, 4.69) is 20.7 Å². The van der Waals surface area contributed by atoms with Crippen molar-refractivity contribution in [3.05, 3.63) is 93.5 Å². The fourth-order valence-electron chi connectivity index (χ4n) is 4.76. The van der Waals surface area contributed by atoms with Gasteiger partial charge in [0, 0.05) is 53.1 Å². The number of carbonyl (C=O) groups excluding carboxylic acids is 3. The van der Waals surface area contributed by atoms with Gasteiger partial charge in [0.15, 0.2) is 0 Å². The van der Waals surface area contributed by atoms with Crippen molar-refractivity contribution >= 4 is 57.6 Å². The predicted molar refractivity (Wildman–Crippen MR) is 170 cm³/mol. The van der Waals surface area contributed by atoms with Crippen LogP contribution in [0.3, 0.4) is 0 Å². The second-order valence-corrected chi connectivity index (χ2v) is 12.6. The summed E-state index contributed by atoms with van der Waals surface area (Å²) < 4.78 is 52.1. The van der Waals surface area contributed by atoms with Crippen molar-refractivity contribution < 1.29 is 31.8 Å². The summed E-state index contributed by atoms with van der Waals surface area (Å²) in [5, 5.41) is 6.16. The number of benzene rings is 3. The van der Waals surface area contributed by atoms with E-state index in [0.29, 0.717) is 5.56 Å². The Morgan fingerprint density at radius 2 is 1.76 bits per heavy atom. The molecule has 1 heterocycles. The SMILES string of the molecule is CC(=O)CCS(=O)Cc1cccc(C(=O)Nc2ccc(N3CCCCC3)cc2C(=O)NN=Cc2ccc(Cl)c(C(F)(F)F)c2)c1. The van der Waals surface area contributed by atoms with Crippen LogP contribution in [0, 0.1) is 0 Å². The van der Waals surface area contributed by atoms with E-state index in [-0.39, 0.29) is 46.1 Å². The molecule has 0 saturated carbocycles. The van der Waals surface area contributed by atoms with Crippen LogP contribution in [0.4, 0.5) is 24.5 Å². The van der Waals surface area contributed by atoms with Crippen LogP contribution in [0.2, 0.25) is 5.02 Å². The minimum Gasteiger partial charge on any atom is -0.372 e. The number of amides is 2. The van der Waals surface area contributed by atoms with Gasteiger partial charge in [0.2, 0.25) is 0 Å². The third kappa shape index (κ3) is 9.73. The minimum atomic E-state index is -4.65. The molecule has 0 aliphatic carbocycles. The minimum absolute atomic E-state index is 0.0473. The lowest BCUT2D eigenvalue weighted by Gasteiger charge is -2.29. The Kier molecular flexibility index (Phi) is 11.5. The van der Waals surface area contributed by atoms with Crippen LogP contribution in [0.25, 0.3) is 0 Å². The van der Waals surface area contributed by atoms with Gasteiger partial charge < -0.3 is 10.2 Å². The molecule has 13 heteroatoms. The molecule has 1 atom stereocenters. The lowest BCUT2D eigenvalue weighted by Crippen LogP contribution is -2.30. The zero-order chi connectivity index (χ0) is 32.6. The highest BCUT2D eigenvalue weighted by Crippen LogP contribution is 2.35. The summed E-state index contributed by atoms with van der Waals surface area (Å²) in [6.45, 7) is 3.06. The van der Waals surface area contributed by atoms with Gasteiger partial charge in [0.25, 0.3) is 11.8 Å². The summed E-state index contributed by atoms with van der Waals surface area (Å²) >= 11 is 5.68. The third-order valence-corrected chi connectivity index (χ3v) is 8.74. The van der Waals surface area contributed by atoms with Gasteiger partial charge in [-0.2, -0.15) is 18.3 Å². The molecule has 45 heavy (non-hydrogen) atoms. The average Bonchev–Trinajstić information content (AvgIpc) is 3.01. The number of piperidine rings is 1.